The fourth-order valence-electron chi connectivity index (χ4n) is 10.7. The van der Waals surface area contributed by atoms with Crippen molar-refractivity contribution >= 4 is 64.6 Å². The molecule has 5 heterocycles. The first-order chi connectivity index (χ1) is 36.3. The van der Waals surface area contributed by atoms with Crippen LogP contribution in [0.25, 0.3) is 0 Å². The Morgan fingerprint density at radius 3 is 2.07 bits per heavy atom. The second kappa shape index (κ2) is 27.5. The van der Waals surface area contributed by atoms with E-state index >= 15 is 4.39 Å². The number of rotatable bonds is 22. The number of carbonyl (C=O) groups excluding carboxylic acids is 7. The van der Waals surface area contributed by atoms with Gasteiger partial charge in [0.05, 0.1) is 33.5 Å². The van der Waals surface area contributed by atoms with Crippen LogP contribution in [-0.2, 0) is 23.9 Å². The molecular weight excluding hydrogens is 1010 g/mol. The summed E-state index contributed by atoms with van der Waals surface area (Å²) >= 11 is 6.16. The van der Waals surface area contributed by atoms with E-state index < -0.39 is 54.2 Å². The van der Waals surface area contributed by atoms with Gasteiger partial charge in [0, 0.05) is 76.7 Å². The minimum atomic E-state index is -1.32. The fourth-order valence-corrected chi connectivity index (χ4v) is 10.9. The number of ether oxygens (including phenoxy) is 2. The first kappa shape index (κ1) is 58.0. The van der Waals surface area contributed by atoms with Crippen LogP contribution in [0.1, 0.15) is 152 Å². The number of esters is 1. The second-order valence-corrected chi connectivity index (χ2v) is 20.6. The van der Waals surface area contributed by atoms with Crippen molar-refractivity contribution in [2.75, 3.05) is 62.3 Å². The van der Waals surface area contributed by atoms with E-state index in [-0.39, 0.29) is 95.8 Å². The normalized spacial score (nSPS) is 20.2. The zero-order valence-corrected chi connectivity index (χ0v) is 45.9. The topological polar surface area (TPSA) is 239 Å². The molecule has 0 radical (unpaired) electrons. The molecule has 3 saturated heterocycles. The first-order valence-electron chi connectivity index (χ1n) is 26.4. The molecule has 0 bridgehead atoms. The summed E-state index contributed by atoms with van der Waals surface area (Å²) in [6.45, 7) is 4.11. The zero-order valence-electron chi connectivity index (χ0n) is 43.2. The van der Waals surface area contributed by atoms with Crippen molar-refractivity contribution in [2.45, 2.75) is 134 Å². The number of halogens is 2. The summed E-state index contributed by atoms with van der Waals surface area (Å²) < 4.78 is 27.2. The third-order valence-electron chi connectivity index (χ3n) is 15.1. The van der Waals surface area contributed by atoms with E-state index in [4.69, 9.17) is 26.3 Å². The third-order valence-corrected chi connectivity index (χ3v) is 15.4. The van der Waals surface area contributed by atoms with Gasteiger partial charge in [-0.3, -0.25) is 38.6 Å². The van der Waals surface area contributed by atoms with Crippen molar-refractivity contribution in [3.8, 4) is 11.8 Å². The van der Waals surface area contributed by atoms with Gasteiger partial charge >= 0.3 is 35.5 Å². The molecular formula is C54H64ClFN9NaO10. The van der Waals surface area contributed by atoms with Crippen molar-refractivity contribution in [3.63, 3.8) is 0 Å². The average Bonchev–Trinajstić information content (AvgIpc) is 3.66. The van der Waals surface area contributed by atoms with Crippen LogP contribution in [0.4, 0.5) is 15.9 Å². The molecule has 2 aromatic carbocycles. The average molecular weight is 1080 g/mol. The number of nitrogens with zero attached hydrogens (tertiary/aromatic N) is 8. The number of aliphatic carboxylic acids is 1. The predicted molar refractivity (Wildman–Crippen MR) is 270 cm³/mol. The number of aromatic nitrogens is 2. The molecule has 8 rings (SSSR count). The number of carboxylic acid groups (broad SMARTS) is 1. The molecule has 1 N–H and O–H groups in total. The largest absolute Gasteiger partial charge is 1.00 e. The van der Waals surface area contributed by atoms with Crippen LogP contribution in [-0.4, -0.2) is 137 Å². The van der Waals surface area contributed by atoms with E-state index in [2.05, 4.69) is 25.3 Å². The monoisotopic (exact) mass is 1080 g/mol. The number of unbranched alkanes of at least 4 members (excludes halogenated alkanes) is 7. The summed E-state index contributed by atoms with van der Waals surface area (Å²) in [5.41, 5.74) is 0.686. The Balaban J connectivity index is 0.00000840. The summed E-state index contributed by atoms with van der Waals surface area (Å²) in [4.78, 5) is 98.0. The number of nitriles is 1. The number of piperidine rings is 2. The van der Waals surface area contributed by atoms with Crippen molar-refractivity contribution in [2.24, 2.45) is 5.92 Å². The van der Waals surface area contributed by atoms with Crippen LogP contribution >= 0.6 is 11.6 Å². The zero-order chi connectivity index (χ0) is 53.0. The van der Waals surface area contributed by atoms with E-state index in [0.29, 0.717) is 67.1 Å². The molecule has 22 heteroatoms. The molecule has 5 aliphatic rings. The molecule has 0 spiro atoms. The summed E-state index contributed by atoms with van der Waals surface area (Å²) in [5, 5.41) is 31.7. The number of hydrogen-bond donors (Lipinski definition) is 1. The van der Waals surface area contributed by atoms with Crippen molar-refractivity contribution in [1.29, 1.82) is 5.26 Å². The van der Waals surface area contributed by atoms with Crippen LogP contribution in [0.2, 0.25) is 5.02 Å². The standard InChI is InChI=1S/C54H65ClFN9O10.Na/c55-42-29-39(14-11-36(42)32-57)75-38-15-12-37(13-16-38)58-51(70)44-17-19-47(60-59-44)63-23-21-35(22-24-63)33-61-25-27-62(28-26-61)46-31-41-40(30-43(46)56)52(71)65(53(41)72)45-18-20-48(66)64(54(45)73)34-74-50(69)10-8-6-4-2-1-3-5-7-9-49(67)68;/h11,14,17,19,29-31,35,37-38,45H,1-10,12-13,15-16,18,20-28,33-34H2,(H,58,70)(H,67,68);/q;+1/p-1. The Morgan fingerprint density at radius 1 is 0.776 bits per heavy atom. The third kappa shape index (κ3) is 14.8. The van der Waals surface area contributed by atoms with Crippen molar-refractivity contribution < 1.29 is 82.1 Å². The number of amides is 5. The summed E-state index contributed by atoms with van der Waals surface area (Å²) in [5.74, 6) is -3.78. The van der Waals surface area contributed by atoms with Gasteiger partial charge in [-0.1, -0.05) is 50.1 Å². The van der Waals surface area contributed by atoms with E-state index in [9.17, 15) is 38.7 Å². The Morgan fingerprint density at radius 2 is 1.43 bits per heavy atom. The Kier molecular flexibility index (Phi) is 21.0. The number of nitrogens with one attached hydrogen (secondary N) is 1. The minimum absolute atomic E-state index is 0. The molecule has 4 aliphatic heterocycles. The molecule has 19 nitrogen and oxygen atoms in total. The van der Waals surface area contributed by atoms with Crippen LogP contribution in [0.3, 0.4) is 0 Å². The van der Waals surface area contributed by atoms with Gasteiger partial charge in [0.25, 0.3) is 23.6 Å². The maximum atomic E-state index is 15.8. The molecule has 3 aromatic rings. The maximum Gasteiger partial charge on any atom is 1.00 e. The second-order valence-electron chi connectivity index (χ2n) is 20.2. The number of likely N-dealkylation sites (tertiary alicyclic amines) is 1. The number of fused-ring (bicyclic) bond motifs is 1. The molecule has 1 aliphatic carbocycles. The molecule has 1 aromatic heterocycles. The van der Waals surface area contributed by atoms with Gasteiger partial charge in [-0.05, 0) is 107 Å². The SMILES string of the molecule is N#Cc1ccc(OC2CCC(NC(=O)c3ccc(N4CCC(CN5CCN(c6cc7c(cc6F)C(=O)N(C6CCC(=O)N(COC(=O)CCCCCCCCCCC(=O)[O-])C6=O)C7=O)CC5)CC4)nn3)CC2)cc1Cl.[Na+]. The smallest absolute Gasteiger partial charge is 0.550 e. The maximum absolute atomic E-state index is 15.8. The van der Waals surface area contributed by atoms with Gasteiger partial charge in [0.15, 0.2) is 18.2 Å². The van der Waals surface area contributed by atoms with Crippen LogP contribution in [0.5, 0.6) is 5.75 Å². The van der Waals surface area contributed by atoms with E-state index in [0.717, 1.165) is 113 Å². The number of carbonyl (C=O) groups is 7. The summed E-state index contributed by atoms with van der Waals surface area (Å²) in [6.07, 6.45) is 11.3. The minimum Gasteiger partial charge on any atom is -0.550 e. The summed E-state index contributed by atoms with van der Waals surface area (Å²) in [6, 6.07) is 11.7. The van der Waals surface area contributed by atoms with E-state index in [1.165, 1.54) is 6.07 Å². The Hall–Kier alpha value is -5.72. The number of benzene rings is 2. The molecule has 1 unspecified atom stereocenters. The number of carboxylic acids is 1. The van der Waals surface area contributed by atoms with E-state index in [1.54, 1.807) is 24.3 Å². The van der Waals surface area contributed by atoms with E-state index in [1.807, 2.05) is 17.0 Å². The van der Waals surface area contributed by atoms with Crippen LogP contribution in [0, 0.1) is 23.1 Å². The first-order valence-corrected chi connectivity index (χ1v) is 26.8. The van der Waals surface area contributed by atoms with Gasteiger partial charge in [-0.25, -0.2) is 9.29 Å². The quantitative estimate of drug-likeness (QED) is 0.0659. The van der Waals surface area contributed by atoms with Gasteiger partial charge < -0.3 is 34.5 Å². The van der Waals surface area contributed by atoms with Gasteiger partial charge in [0.1, 0.15) is 23.7 Å². The Bertz CT molecular complexity index is 2640. The number of imide groups is 2. The van der Waals surface area contributed by atoms with Crippen molar-refractivity contribution in [1.82, 2.24) is 30.2 Å². The fraction of sp³-hybridized carbons (Fsp3) is 0.556. The van der Waals surface area contributed by atoms with Crippen molar-refractivity contribution in [3.05, 3.63) is 75.7 Å². The Labute approximate surface area is 469 Å². The summed E-state index contributed by atoms with van der Waals surface area (Å²) in [7, 11) is 0. The molecule has 5 amide bonds. The number of hydrogen-bond acceptors (Lipinski definition) is 16. The number of anilines is 2. The van der Waals surface area contributed by atoms with Crippen LogP contribution < -0.4 is 54.5 Å². The van der Waals surface area contributed by atoms with Crippen LogP contribution in [0.15, 0.2) is 42.5 Å². The van der Waals surface area contributed by atoms with Gasteiger partial charge in [-0.2, -0.15) is 5.26 Å². The molecule has 1 saturated carbocycles. The molecule has 400 valence electrons. The number of piperazine rings is 1. The predicted octanol–water partition coefficient (Wildman–Crippen LogP) is 2.57. The molecule has 4 fully saturated rings. The van der Waals surface area contributed by atoms with Gasteiger partial charge in [-0.15, -0.1) is 10.2 Å². The molecule has 1 atom stereocenters. The molecule has 76 heavy (non-hydrogen) atoms. The van der Waals surface area contributed by atoms with Gasteiger partial charge in [0.2, 0.25) is 5.91 Å².